The van der Waals surface area contributed by atoms with Gasteiger partial charge in [0.1, 0.15) is 11.6 Å². The van der Waals surface area contributed by atoms with E-state index in [1.165, 1.54) is 12.0 Å². The van der Waals surface area contributed by atoms with Gasteiger partial charge in [0, 0.05) is 6.54 Å². The minimum atomic E-state index is -0.606. The Balaban J connectivity index is 2.70. The maximum absolute atomic E-state index is 12.1. The second-order valence-corrected chi connectivity index (χ2v) is 5.78. The first-order valence-electron chi connectivity index (χ1n) is 6.32. The van der Waals surface area contributed by atoms with E-state index in [1.807, 2.05) is 20.8 Å². The number of hydrogen-bond acceptors (Lipinski definition) is 4. The Morgan fingerprint density at radius 2 is 1.89 bits per heavy atom. The summed E-state index contributed by atoms with van der Waals surface area (Å²) < 4.78 is 10.0. The van der Waals surface area contributed by atoms with Crippen LogP contribution in [0, 0.1) is 5.92 Å². The van der Waals surface area contributed by atoms with Crippen LogP contribution in [0.5, 0.6) is 0 Å². The molecule has 1 fully saturated rings. The van der Waals surface area contributed by atoms with Crippen LogP contribution in [0.25, 0.3) is 0 Å². The lowest BCUT2D eigenvalue weighted by Gasteiger charge is -2.30. The van der Waals surface area contributed by atoms with Crippen LogP contribution in [0.3, 0.4) is 0 Å². The second kappa shape index (κ2) is 5.59. The molecule has 5 heteroatoms. The monoisotopic (exact) mass is 257 g/mol. The van der Waals surface area contributed by atoms with E-state index in [9.17, 15) is 9.59 Å². The van der Waals surface area contributed by atoms with E-state index in [-0.39, 0.29) is 0 Å². The van der Waals surface area contributed by atoms with Crippen molar-refractivity contribution in [2.75, 3.05) is 13.7 Å². The van der Waals surface area contributed by atoms with Crippen molar-refractivity contribution in [1.82, 2.24) is 4.90 Å². The summed E-state index contributed by atoms with van der Waals surface area (Å²) in [7, 11) is 1.32. The van der Waals surface area contributed by atoms with Gasteiger partial charge < -0.3 is 9.47 Å². The van der Waals surface area contributed by atoms with Crippen molar-refractivity contribution in [3.05, 3.63) is 0 Å². The average Bonchev–Trinajstić information content (AvgIpc) is 3.05. The Morgan fingerprint density at radius 1 is 1.33 bits per heavy atom. The zero-order chi connectivity index (χ0) is 13.9. The molecular formula is C13H23NO4. The summed E-state index contributed by atoms with van der Waals surface area (Å²) in [5.41, 5.74) is -0.561. The predicted octanol–water partition coefficient (Wildman–Crippen LogP) is 2.20. The van der Waals surface area contributed by atoms with Crippen LogP contribution < -0.4 is 0 Å². The van der Waals surface area contributed by atoms with Gasteiger partial charge in [-0.25, -0.2) is 9.59 Å². The van der Waals surface area contributed by atoms with Crippen molar-refractivity contribution in [2.45, 2.75) is 52.2 Å². The summed E-state index contributed by atoms with van der Waals surface area (Å²) in [6.07, 6.45) is 1.76. The van der Waals surface area contributed by atoms with Crippen molar-refractivity contribution in [3.63, 3.8) is 0 Å². The van der Waals surface area contributed by atoms with Gasteiger partial charge in [0.2, 0.25) is 0 Å². The van der Waals surface area contributed by atoms with Gasteiger partial charge in [0.05, 0.1) is 7.11 Å². The first kappa shape index (κ1) is 14.8. The number of carbonyl (C=O) groups excluding carboxylic acids is 2. The number of esters is 1. The molecule has 0 aliphatic heterocycles. The Hall–Kier alpha value is -1.26. The van der Waals surface area contributed by atoms with E-state index in [0.29, 0.717) is 12.5 Å². The highest BCUT2D eigenvalue weighted by Gasteiger charge is 2.35. The van der Waals surface area contributed by atoms with Crippen molar-refractivity contribution in [1.29, 1.82) is 0 Å². The van der Waals surface area contributed by atoms with Crippen LogP contribution in [0.15, 0.2) is 0 Å². The molecule has 1 aliphatic rings. The topological polar surface area (TPSA) is 55.8 Å². The molecule has 1 aliphatic carbocycles. The standard InChI is InChI=1S/C13H23NO4/c1-9(11(15)17-5)14(8-10-6-7-10)12(16)18-13(2,3)4/h9-10H,6-8H2,1-5H3. The lowest BCUT2D eigenvalue weighted by atomic mass is 10.2. The first-order chi connectivity index (χ1) is 8.24. The summed E-state index contributed by atoms with van der Waals surface area (Å²) in [5, 5.41) is 0. The fraction of sp³-hybridized carbons (Fsp3) is 0.846. The van der Waals surface area contributed by atoms with Crippen molar-refractivity contribution in [3.8, 4) is 0 Å². The van der Waals surface area contributed by atoms with Crippen LogP contribution in [-0.2, 0) is 14.3 Å². The number of hydrogen-bond donors (Lipinski definition) is 0. The second-order valence-electron chi connectivity index (χ2n) is 5.78. The van der Waals surface area contributed by atoms with E-state index in [0.717, 1.165) is 12.8 Å². The summed E-state index contributed by atoms with van der Waals surface area (Å²) >= 11 is 0. The molecule has 0 bridgehead atoms. The maximum Gasteiger partial charge on any atom is 0.411 e. The molecule has 1 unspecified atom stereocenters. The molecule has 0 aromatic carbocycles. The zero-order valence-corrected chi connectivity index (χ0v) is 11.9. The molecule has 1 saturated carbocycles. The van der Waals surface area contributed by atoms with Gasteiger partial charge in [-0.1, -0.05) is 0 Å². The number of methoxy groups -OCH3 is 1. The van der Waals surface area contributed by atoms with E-state index in [4.69, 9.17) is 4.74 Å². The van der Waals surface area contributed by atoms with Gasteiger partial charge in [-0.15, -0.1) is 0 Å². The molecule has 18 heavy (non-hydrogen) atoms. The number of ether oxygens (including phenoxy) is 2. The molecule has 0 spiro atoms. The number of carbonyl (C=O) groups is 2. The van der Waals surface area contributed by atoms with E-state index in [2.05, 4.69) is 4.74 Å². The van der Waals surface area contributed by atoms with Crippen molar-refractivity contribution >= 4 is 12.1 Å². The minimum absolute atomic E-state index is 0.415. The minimum Gasteiger partial charge on any atom is -0.467 e. The van der Waals surface area contributed by atoms with Crippen LogP contribution in [-0.4, -0.2) is 42.3 Å². The van der Waals surface area contributed by atoms with Gasteiger partial charge in [-0.3, -0.25) is 4.90 Å². The third-order valence-corrected chi connectivity index (χ3v) is 2.79. The Labute approximate surface area is 108 Å². The van der Waals surface area contributed by atoms with Gasteiger partial charge in [0.25, 0.3) is 0 Å². The zero-order valence-electron chi connectivity index (χ0n) is 11.9. The molecule has 5 nitrogen and oxygen atoms in total. The lowest BCUT2D eigenvalue weighted by Crippen LogP contribution is -2.47. The summed E-state index contributed by atoms with van der Waals surface area (Å²) in [6.45, 7) is 7.65. The van der Waals surface area contributed by atoms with E-state index >= 15 is 0 Å². The van der Waals surface area contributed by atoms with Gasteiger partial charge in [-0.05, 0) is 46.5 Å². The quantitative estimate of drug-likeness (QED) is 0.724. The van der Waals surface area contributed by atoms with Crippen LogP contribution in [0.1, 0.15) is 40.5 Å². The van der Waals surface area contributed by atoms with Crippen molar-refractivity contribution < 1.29 is 19.1 Å². The number of amides is 1. The number of rotatable bonds is 4. The molecule has 0 saturated heterocycles. The highest BCUT2D eigenvalue weighted by molar-refractivity contribution is 5.81. The van der Waals surface area contributed by atoms with Crippen LogP contribution in [0.2, 0.25) is 0 Å². The molecule has 0 aromatic heterocycles. The summed E-state index contributed by atoms with van der Waals surface area (Å²) in [6, 6.07) is -0.606. The molecule has 1 amide bonds. The molecule has 0 N–H and O–H groups in total. The van der Waals surface area contributed by atoms with Crippen LogP contribution >= 0.6 is 0 Å². The first-order valence-corrected chi connectivity index (χ1v) is 6.32. The molecule has 1 rings (SSSR count). The third kappa shape index (κ3) is 4.55. The van der Waals surface area contributed by atoms with Gasteiger partial charge >= 0.3 is 12.1 Å². The Bertz CT molecular complexity index is 317. The SMILES string of the molecule is COC(=O)C(C)N(CC1CC1)C(=O)OC(C)(C)C. The maximum atomic E-state index is 12.1. The normalized spacial score (nSPS) is 16.9. The van der Waals surface area contributed by atoms with Gasteiger partial charge in [-0.2, -0.15) is 0 Å². The highest BCUT2D eigenvalue weighted by Crippen LogP contribution is 2.31. The van der Waals surface area contributed by atoms with Crippen molar-refractivity contribution in [2.24, 2.45) is 5.92 Å². The third-order valence-electron chi connectivity index (χ3n) is 2.79. The highest BCUT2D eigenvalue weighted by atomic mass is 16.6. The van der Waals surface area contributed by atoms with E-state index in [1.54, 1.807) is 6.92 Å². The molecule has 104 valence electrons. The molecule has 0 heterocycles. The van der Waals surface area contributed by atoms with Gasteiger partial charge in [0.15, 0.2) is 0 Å². The molecule has 0 aromatic rings. The summed E-state index contributed by atoms with van der Waals surface area (Å²) in [4.78, 5) is 25.1. The van der Waals surface area contributed by atoms with E-state index < -0.39 is 23.7 Å². The fourth-order valence-corrected chi connectivity index (χ4v) is 1.59. The van der Waals surface area contributed by atoms with Crippen LogP contribution in [0.4, 0.5) is 4.79 Å². The fourth-order valence-electron chi connectivity index (χ4n) is 1.59. The average molecular weight is 257 g/mol. The largest absolute Gasteiger partial charge is 0.467 e. The molecular weight excluding hydrogens is 234 g/mol. The molecule has 1 atom stereocenters. The molecule has 0 radical (unpaired) electrons. The number of nitrogens with zero attached hydrogens (tertiary/aromatic N) is 1. The summed E-state index contributed by atoms with van der Waals surface area (Å²) in [5.74, 6) is 0.0751. The predicted molar refractivity (Wildman–Crippen MR) is 67.1 cm³/mol. The Kier molecular flexibility index (Phi) is 4.59. The Morgan fingerprint density at radius 3 is 2.28 bits per heavy atom. The lowest BCUT2D eigenvalue weighted by molar-refractivity contribution is -0.146. The smallest absolute Gasteiger partial charge is 0.411 e.